The number of aromatic carboxylic acids is 1. The predicted molar refractivity (Wildman–Crippen MR) is 99.2 cm³/mol. The van der Waals surface area contributed by atoms with Crippen LogP contribution in [0.1, 0.15) is 15.9 Å². The zero-order valence-electron chi connectivity index (χ0n) is 13.9. The summed E-state index contributed by atoms with van der Waals surface area (Å²) in [6.45, 7) is 0.631. The minimum absolute atomic E-state index is 0.278. The van der Waals surface area contributed by atoms with E-state index in [0.29, 0.717) is 6.54 Å². The van der Waals surface area contributed by atoms with Gasteiger partial charge in [0.25, 0.3) is 0 Å². The highest BCUT2D eigenvalue weighted by Crippen LogP contribution is 2.23. The summed E-state index contributed by atoms with van der Waals surface area (Å²) in [7, 11) is 1.66. The molecule has 0 radical (unpaired) electrons. The SMILES string of the molecule is COc1ccc(-c2ccc(CNc3cccc(C(=O)O)c3)cc2)cc1. The molecule has 4 heteroatoms. The molecule has 0 bridgehead atoms. The van der Waals surface area contributed by atoms with Crippen molar-refractivity contribution in [1.82, 2.24) is 0 Å². The smallest absolute Gasteiger partial charge is 0.335 e. The highest BCUT2D eigenvalue weighted by molar-refractivity contribution is 5.88. The largest absolute Gasteiger partial charge is 0.497 e. The van der Waals surface area contributed by atoms with E-state index in [2.05, 4.69) is 29.6 Å². The van der Waals surface area contributed by atoms with E-state index in [1.165, 1.54) is 0 Å². The molecule has 0 spiro atoms. The highest BCUT2D eigenvalue weighted by atomic mass is 16.5. The van der Waals surface area contributed by atoms with E-state index in [9.17, 15) is 4.79 Å². The Balaban J connectivity index is 1.66. The maximum Gasteiger partial charge on any atom is 0.335 e. The number of carbonyl (C=O) groups is 1. The Hall–Kier alpha value is -3.27. The lowest BCUT2D eigenvalue weighted by Crippen LogP contribution is -2.01. The van der Waals surface area contributed by atoms with Crippen LogP contribution in [0.3, 0.4) is 0 Å². The van der Waals surface area contributed by atoms with E-state index >= 15 is 0 Å². The molecule has 0 heterocycles. The van der Waals surface area contributed by atoms with Gasteiger partial charge in [-0.25, -0.2) is 4.79 Å². The number of nitrogens with one attached hydrogen (secondary N) is 1. The number of anilines is 1. The van der Waals surface area contributed by atoms with Gasteiger partial charge in [-0.1, -0.05) is 42.5 Å². The van der Waals surface area contributed by atoms with Gasteiger partial charge in [0.05, 0.1) is 12.7 Å². The Morgan fingerprint density at radius 2 is 1.60 bits per heavy atom. The quantitative estimate of drug-likeness (QED) is 0.688. The first-order chi connectivity index (χ1) is 12.2. The molecule has 126 valence electrons. The lowest BCUT2D eigenvalue weighted by molar-refractivity contribution is 0.0697. The van der Waals surface area contributed by atoms with Crippen LogP contribution in [0.5, 0.6) is 5.75 Å². The van der Waals surface area contributed by atoms with Crippen molar-refractivity contribution in [1.29, 1.82) is 0 Å². The molecule has 0 saturated carbocycles. The molecule has 3 aromatic carbocycles. The van der Waals surface area contributed by atoms with Crippen molar-refractivity contribution in [3.05, 3.63) is 83.9 Å². The Kier molecular flexibility index (Phi) is 5.00. The molecule has 0 aliphatic carbocycles. The zero-order chi connectivity index (χ0) is 17.6. The lowest BCUT2D eigenvalue weighted by Gasteiger charge is -2.09. The number of carboxylic acids is 1. The number of methoxy groups -OCH3 is 1. The molecule has 0 aromatic heterocycles. The van der Waals surface area contributed by atoms with Gasteiger partial charge in [0, 0.05) is 12.2 Å². The van der Waals surface area contributed by atoms with E-state index in [1.54, 1.807) is 25.3 Å². The summed E-state index contributed by atoms with van der Waals surface area (Å²) in [4.78, 5) is 11.0. The fourth-order valence-corrected chi connectivity index (χ4v) is 2.56. The monoisotopic (exact) mass is 333 g/mol. The molecule has 4 nitrogen and oxygen atoms in total. The molecule has 0 atom stereocenters. The number of rotatable bonds is 6. The van der Waals surface area contributed by atoms with Gasteiger partial charge in [0.1, 0.15) is 5.75 Å². The summed E-state index contributed by atoms with van der Waals surface area (Å²) in [5, 5.41) is 12.3. The molecular weight excluding hydrogens is 314 g/mol. The molecule has 0 saturated heterocycles. The summed E-state index contributed by atoms with van der Waals surface area (Å²) < 4.78 is 5.18. The molecular formula is C21H19NO3. The minimum Gasteiger partial charge on any atom is -0.497 e. The van der Waals surface area contributed by atoms with E-state index in [1.807, 2.05) is 30.3 Å². The topological polar surface area (TPSA) is 58.6 Å². The third-order valence-corrected chi connectivity index (χ3v) is 3.98. The number of hydrogen-bond acceptors (Lipinski definition) is 3. The van der Waals surface area contributed by atoms with Crippen LogP contribution in [0.15, 0.2) is 72.8 Å². The summed E-state index contributed by atoms with van der Waals surface area (Å²) in [5.74, 6) is -0.0827. The van der Waals surface area contributed by atoms with Crippen molar-refractivity contribution >= 4 is 11.7 Å². The van der Waals surface area contributed by atoms with Gasteiger partial charge in [-0.3, -0.25) is 0 Å². The number of benzene rings is 3. The average Bonchev–Trinajstić information content (AvgIpc) is 2.67. The number of hydrogen-bond donors (Lipinski definition) is 2. The van der Waals surface area contributed by atoms with Gasteiger partial charge in [0.15, 0.2) is 0 Å². The second-order valence-electron chi connectivity index (χ2n) is 5.66. The molecule has 0 aliphatic rings. The normalized spacial score (nSPS) is 10.3. The third-order valence-electron chi connectivity index (χ3n) is 3.98. The van der Waals surface area contributed by atoms with E-state index in [-0.39, 0.29) is 5.56 Å². The maximum atomic E-state index is 11.0. The third kappa shape index (κ3) is 4.18. The fraction of sp³-hybridized carbons (Fsp3) is 0.0952. The fourth-order valence-electron chi connectivity index (χ4n) is 2.56. The molecule has 0 amide bonds. The molecule has 3 rings (SSSR count). The Labute approximate surface area is 146 Å². The molecule has 0 fully saturated rings. The molecule has 0 unspecified atom stereocenters. The van der Waals surface area contributed by atoms with E-state index < -0.39 is 5.97 Å². The number of ether oxygens (including phenoxy) is 1. The van der Waals surface area contributed by atoms with E-state index in [4.69, 9.17) is 9.84 Å². The van der Waals surface area contributed by atoms with Crippen LogP contribution < -0.4 is 10.1 Å². The van der Waals surface area contributed by atoms with Crippen molar-refractivity contribution in [2.24, 2.45) is 0 Å². The minimum atomic E-state index is -0.924. The Morgan fingerprint density at radius 1 is 0.960 bits per heavy atom. The Morgan fingerprint density at radius 3 is 2.20 bits per heavy atom. The lowest BCUT2D eigenvalue weighted by atomic mass is 10.0. The van der Waals surface area contributed by atoms with Crippen LogP contribution in [-0.2, 0) is 6.54 Å². The maximum absolute atomic E-state index is 11.0. The highest BCUT2D eigenvalue weighted by Gasteiger charge is 2.03. The van der Waals surface area contributed by atoms with Gasteiger partial charge in [-0.2, -0.15) is 0 Å². The van der Waals surface area contributed by atoms with Crippen LogP contribution in [-0.4, -0.2) is 18.2 Å². The average molecular weight is 333 g/mol. The first kappa shape index (κ1) is 16.6. The van der Waals surface area contributed by atoms with Crippen LogP contribution in [0.4, 0.5) is 5.69 Å². The molecule has 2 N–H and O–H groups in total. The van der Waals surface area contributed by atoms with Crippen molar-refractivity contribution in [2.45, 2.75) is 6.54 Å². The van der Waals surface area contributed by atoms with Crippen LogP contribution >= 0.6 is 0 Å². The van der Waals surface area contributed by atoms with Crippen molar-refractivity contribution in [2.75, 3.05) is 12.4 Å². The first-order valence-corrected chi connectivity index (χ1v) is 7.96. The summed E-state index contributed by atoms with van der Waals surface area (Å²) in [6.07, 6.45) is 0. The molecule has 0 aliphatic heterocycles. The Bertz CT molecular complexity index is 855. The first-order valence-electron chi connectivity index (χ1n) is 7.96. The zero-order valence-corrected chi connectivity index (χ0v) is 13.9. The van der Waals surface area contributed by atoms with Gasteiger partial charge < -0.3 is 15.2 Å². The second kappa shape index (κ2) is 7.53. The van der Waals surface area contributed by atoms with Gasteiger partial charge >= 0.3 is 5.97 Å². The van der Waals surface area contributed by atoms with Crippen molar-refractivity contribution in [3.8, 4) is 16.9 Å². The number of carboxylic acid groups (broad SMARTS) is 1. The van der Waals surface area contributed by atoms with Crippen LogP contribution in [0, 0.1) is 0 Å². The molecule has 3 aromatic rings. The summed E-state index contributed by atoms with van der Waals surface area (Å²) in [5.41, 5.74) is 4.46. The van der Waals surface area contributed by atoms with Gasteiger partial charge in [0.2, 0.25) is 0 Å². The van der Waals surface area contributed by atoms with Crippen molar-refractivity contribution in [3.63, 3.8) is 0 Å². The van der Waals surface area contributed by atoms with Crippen LogP contribution in [0.2, 0.25) is 0 Å². The summed E-state index contributed by atoms with van der Waals surface area (Å²) >= 11 is 0. The van der Waals surface area contributed by atoms with Crippen molar-refractivity contribution < 1.29 is 14.6 Å². The van der Waals surface area contributed by atoms with Crippen LogP contribution in [0.25, 0.3) is 11.1 Å². The predicted octanol–water partition coefficient (Wildman–Crippen LogP) is 4.67. The standard InChI is InChI=1S/C21H19NO3/c1-25-20-11-9-17(10-12-20)16-7-5-15(6-8-16)14-22-19-4-2-3-18(13-19)21(23)24/h2-13,22H,14H2,1H3,(H,23,24). The second-order valence-corrected chi connectivity index (χ2v) is 5.66. The van der Waals surface area contributed by atoms with Gasteiger partial charge in [-0.15, -0.1) is 0 Å². The van der Waals surface area contributed by atoms with E-state index in [0.717, 1.165) is 28.1 Å². The summed E-state index contributed by atoms with van der Waals surface area (Å²) in [6, 6.07) is 23.0. The molecule has 25 heavy (non-hydrogen) atoms. The van der Waals surface area contributed by atoms with Gasteiger partial charge in [-0.05, 0) is 47.0 Å².